The van der Waals surface area contributed by atoms with Crippen LogP contribution in [0.4, 0.5) is 15.8 Å². The minimum atomic E-state index is -0.412. The number of halogens is 1. The molecule has 0 aromatic heterocycles. The van der Waals surface area contributed by atoms with Gasteiger partial charge in [0.15, 0.2) is 0 Å². The van der Waals surface area contributed by atoms with Crippen LogP contribution in [0, 0.1) is 29.0 Å². The molecule has 0 radical (unpaired) electrons. The first-order chi connectivity index (χ1) is 14.5. The fourth-order valence-electron chi connectivity index (χ4n) is 6.93. The van der Waals surface area contributed by atoms with E-state index in [9.17, 15) is 14.0 Å². The zero-order chi connectivity index (χ0) is 20.7. The van der Waals surface area contributed by atoms with Gasteiger partial charge in [-0.25, -0.2) is 4.39 Å². The normalized spacial score (nSPS) is 31.8. The second kappa shape index (κ2) is 7.86. The lowest BCUT2D eigenvalue weighted by atomic mass is 9.49. The van der Waals surface area contributed by atoms with Gasteiger partial charge in [-0.2, -0.15) is 0 Å². The highest BCUT2D eigenvalue weighted by molar-refractivity contribution is 5.95. The molecule has 0 unspecified atom stereocenters. The summed E-state index contributed by atoms with van der Waals surface area (Å²) < 4.78 is 14.4. The van der Waals surface area contributed by atoms with Gasteiger partial charge in [0.05, 0.1) is 5.69 Å². The Bertz CT molecular complexity index is 798. The van der Waals surface area contributed by atoms with Gasteiger partial charge in [-0.1, -0.05) is 6.07 Å². The fraction of sp³-hybridized carbons (Fsp3) is 0.667. The molecule has 5 fully saturated rings. The van der Waals surface area contributed by atoms with Crippen molar-refractivity contribution in [1.29, 1.82) is 0 Å². The van der Waals surface area contributed by atoms with Crippen molar-refractivity contribution in [1.82, 2.24) is 5.32 Å². The summed E-state index contributed by atoms with van der Waals surface area (Å²) in [5, 5.41) is 5.79. The van der Waals surface area contributed by atoms with E-state index in [0.717, 1.165) is 68.6 Å². The molecule has 1 aromatic carbocycles. The van der Waals surface area contributed by atoms with Gasteiger partial charge >= 0.3 is 0 Å². The van der Waals surface area contributed by atoms with Crippen LogP contribution in [0.1, 0.15) is 57.8 Å². The molecule has 1 heterocycles. The Labute approximate surface area is 177 Å². The molecule has 4 saturated carbocycles. The van der Waals surface area contributed by atoms with Gasteiger partial charge in [-0.15, -0.1) is 0 Å². The third kappa shape index (κ3) is 3.69. The van der Waals surface area contributed by atoms with E-state index >= 15 is 0 Å². The molecule has 0 atom stereocenters. The molecule has 5 nitrogen and oxygen atoms in total. The van der Waals surface area contributed by atoms with Crippen LogP contribution < -0.4 is 15.5 Å². The minimum Gasteiger partial charge on any atom is -0.370 e. The molecule has 6 rings (SSSR count). The highest BCUT2D eigenvalue weighted by Gasteiger charge is 2.54. The third-order valence-electron chi connectivity index (χ3n) is 7.86. The molecule has 162 valence electrons. The number of carbonyl (C=O) groups is 2. The molecule has 4 aliphatic carbocycles. The van der Waals surface area contributed by atoms with Crippen LogP contribution in [-0.2, 0) is 9.59 Å². The van der Waals surface area contributed by atoms with E-state index in [-0.39, 0.29) is 29.3 Å². The van der Waals surface area contributed by atoms with E-state index in [1.54, 1.807) is 6.07 Å². The zero-order valence-electron chi connectivity index (χ0n) is 17.6. The maximum Gasteiger partial charge on any atom is 0.226 e. The van der Waals surface area contributed by atoms with Gasteiger partial charge in [-0.05, 0) is 81.3 Å². The Kier molecular flexibility index (Phi) is 5.19. The van der Waals surface area contributed by atoms with Gasteiger partial charge in [0.1, 0.15) is 11.5 Å². The minimum absolute atomic E-state index is 0.137. The Morgan fingerprint density at radius 1 is 1.03 bits per heavy atom. The van der Waals surface area contributed by atoms with Crippen LogP contribution in [-0.4, -0.2) is 31.4 Å². The van der Waals surface area contributed by atoms with Crippen molar-refractivity contribution in [3.05, 3.63) is 24.0 Å². The van der Waals surface area contributed by atoms with Crippen molar-refractivity contribution in [3.8, 4) is 0 Å². The van der Waals surface area contributed by atoms with E-state index in [1.165, 1.54) is 25.3 Å². The fourth-order valence-corrected chi connectivity index (χ4v) is 6.93. The maximum absolute atomic E-state index is 14.4. The van der Waals surface area contributed by atoms with Crippen LogP contribution in [0.5, 0.6) is 0 Å². The Morgan fingerprint density at radius 3 is 2.30 bits per heavy atom. The first kappa shape index (κ1) is 19.8. The molecule has 6 heteroatoms. The second-order valence-corrected chi connectivity index (χ2v) is 10.1. The predicted octanol–water partition coefficient (Wildman–Crippen LogP) is 4.09. The number of amides is 2. The second-order valence-electron chi connectivity index (χ2n) is 10.1. The third-order valence-corrected chi connectivity index (χ3v) is 7.86. The van der Waals surface area contributed by atoms with Crippen molar-refractivity contribution < 1.29 is 14.0 Å². The van der Waals surface area contributed by atoms with Crippen LogP contribution in [0.3, 0.4) is 0 Å². The lowest BCUT2D eigenvalue weighted by molar-refractivity contribution is -0.146. The number of nitrogens with one attached hydrogen (secondary N) is 2. The maximum atomic E-state index is 14.4. The number of carbonyl (C=O) groups excluding carboxylic acids is 2. The first-order valence-corrected chi connectivity index (χ1v) is 11.6. The topological polar surface area (TPSA) is 61.4 Å². The van der Waals surface area contributed by atoms with Crippen molar-refractivity contribution in [2.45, 2.75) is 57.8 Å². The van der Waals surface area contributed by atoms with Gasteiger partial charge in [0.25, 0.3) is 0 Å². The monoisotopic (exact) mass is 413 g/mol. The quantitative estimate of drug-likeness (QED) is 0.739. The molecule has 1 saturated heterocycles. The number of nitrogens with zero attached hydrogens (tertiary/aromatic N) is 1. The van der Waals surface area contributed by atoms with E-state index in [1.807, 2.05) is 6.07 Å². The molecule has 30 heavy (non-hydrogen) atoms. The molecular formula is C24H32FN3O2. The van der Waals surface area contributed by atoms with E-state index in [4.69, 9.17) is 0 Å². The highest BCUT2D eigenvalue weighted by Crippen LogP contribution is 2.60. The van der Waals surface area contributed by atoms with Crippen LogP contribution in [0.25, 0.3) is 0 Å². The van der Waals surface area contributed by atoms with Crippen molar-refractivity contribution in [3.63, 3.8) is 0 Å². The molecule has 0 spiro atoms. The predicted molar refractivity (Wildman–Crippen MR) is 115 cm³/mol. The van der Waals surface area contributed by atoms with Gasteiger partial charge in [0, 0.05) is 31.5 Å². The summed E-state index contributed by atoms with van der Waals surface area (Å²) in [4.78, 5) is 27.6. The number of anilines is 2. The van der Waals surface area contributed by atoms with Crippen molar-refractivity contribution >= 4 is 23.2 Å². The molecule has 2 amide bonds. The van der Waals surface area contributed by atoms with Gasteiger partial charge < -0.3 is 15.5 Å². The SMILES string of the molecule is O=C(CCNC(=O)C12CC3CC(CC(C3)C1)C2)Nc1c(F)cccc1N1CCCC1. The van der Waals surface area contributed by atoms with Crippen molar-refractivity contribution in [2.24, 2.45) is 23.2 Å². The summed E-state index contributed by atoms with van der Waals surface area (Å²) in [6.07, 6.45) is 9.29. The smallest absolute Gasteiger partial charge is 0.226 e. The number of hydrogen-bond donors (Lipinski definition) is 2. The number of para-hydroxylation sites is 1. The summed E-state index contributed by atoms with van der Waals surface area (Å²) >= 11 is 0. The Morgan fingerprint density at radius 2 is 1.67 bits per heavy atom. The average Bonchev–Trinajstić information content (AvgIpc) is 3.23. The number of hydrogen-bond acceptors (Lipinski definition) is 3. The van der Waals surface area contributed by atoms with Crippen LogP contribution in [0.2, 0.25) is 0 Å². The molecule has 5 aliphatic rings. The van der Waals surface area contributed by atoms with Crippen LogP contribution >= 0.6 is 0 Å². The average molecular weight is 414 g/mol. The Hall–Kier alpha value is -2.11. The van der Waals surface area contributed by atoms with Crippen LogP contribution in [0.15, 0.2) is 18.2 Å². The van der Waals surface area contributed by atoms with Crippen molar-refractivity contribution in [2.75, 3.05) is 29.9 Å². The summed E-state index contributed by atoms with van der Waals surface area (Å²) in [5.41, 5.74) is 0.815. The number of benzene rings is 1. The summed E-state index contributed by atoms with van der Waals surface area (Å²) in [6, 6.07) is 4.92. The molecule has 4 bridgehead atoms. The lowest BCUT2D eigenvalue weighted by Gasteiger charge is -2.55. The molecule has 1 aliphatic heterocycles. The Balaban J connectivity index is 1.16. The summed E-state index contributed by atoms with van der Waals surface area (Å²) in [7, 11) is 0. The van der Waals surface area contributed by atoms with E-state index < -0.39 is 5.82 Å². The standard InChI is InChI=1S/C24H32FN3O2/c25-19-4-3-5-20(28-8-1-2-9-28)22(19)27-21(29)6-7-26-23(30)24-13-16-10-17(14-24)12-18(11-16)15-24/h3-5,16-18H,1-2,6-15H2,(H,26,30)(H,27,29). The first-order valence-electron chi connectivity index (χ1n) is 11.6. The molecular weight excluding hydrogens is 381 g/mol. The summed E-state index contributed by atoms with van der Waals surface area (Å²) in [5.74, 6) is 1.62. The zero-order valence-corrected chi connectivity index (χ0v) is 17.6. The molecule has 2 N–H and O–H groups in total. The number of rotatable bonds is 6. The van der Waals surface area contributed by atoms with E-state index in [2.05, 4.69) is 15.5 Å². The van der Waals surface area contributed by atoms with Gasteiger partial charge in [-0.3, -0.25) is 9.59 Å². The highest BCUT2D eigenvalue weighted by atomic mass is 19.1. The lowest BCUT2D eigenvalue weighted by Crippen LogP contribution is -2.53. The van der Waals surface area contributed by atoms with Gasteiger partial charge in [0.2, 0.25) is 11.8 Å². The summed E-state index contributed by atoms with van der Waals surface area (Å²) in [6.45, 7) is 2.07. The molecule has 1 aromatic rings. The van der Waals surface area contributed by atoms with E-state index in [0.29, 0.717) is 6.54 Å². The largest absolute Gasteiger partial charge is 0.370 e.